The normalized spacial score (nSPS) is 19.3. The summed E-state index contributed by atoms with van der Waals surface area (Å²) in [6, 6.07) is 14.8. The van der Waals surface area contributed by atoms with Crippen LogP contribution in [0.5, 0.6) is 5.75 Å². The van der Waals surface area contributed by atoms with Crippen LogP contribution in [0.15, 0.2) is 82.6 Å². The standard InChI is InChI=1S/C29H19F3N4O7S2/c30-29(31,32)15-2-1-3-16(12-15)33-20(38)13-34-27-24(45-28(34)41)21(14-4-10-19(37)11-5-14)22-23(44-27)26(40)35(25(22)39)17-6-8-18(9-7-17)36(42)43/h1-12,21-23,37H,13H2,(H,33,38)/t21-,22?,23?/m0/s1. The van der Waals surface area contributed by atoms with Crippen LogP contribution in [0.25, 0.3) is 0 Å². The van der Waals surface area contributed by atoms with Crippen LogP contribution in [-0.2, 0) is 27.1 Å². The van der Waals surface area contributed by atoms with Gasteiger partial charge in [-0.1, -0.05) is 41.3 Å². The molecule has 45 heavy (non-hydrogen) atoms. The Kier molecular flexibility index (Phi) is 7.48. The van der Waals surface area contributed by atoms with Crippen molar-refractivity contribution in [3.05, 3.63) is 109 Å². The van der Waals surface area contributed by atoms with Crippen molar-refractivity contribution in [2.45, 2.75) is 28.9 Å². The minimum absolute atomic E-state index is 0.0564. The van der Waals surface area contributed by atoms with Crippen LogP contribution in [-0.4, -0.2) is 37.6 Å². The van der Waals surface area contributed by atoms with E-state index in [-0.39, 0.29) is 27.8 Å². The van der Waals surface area contributed by atoms with Crippen molar-refractivity contribution < 1.29 is 37.6 Å². The molecular weight excluding hydrogens is 637 g/mol. The number of carbonyl (C=O) groups excluding carboxylic acids is 3. The average molecular weight is 657 g/mol. The van der Waals surface area contributed by atoms with Crippen molar-refractivity contribution in [1.29, 1.82) is 0 Å². The van der Waals surface area contributed by atoms with Gasteiger partial charge in [0.25, 0.3) is 5.69 Å². The molecule has 0 radical (unpaired) electrons. The number of carbonyl (C=O) groups is 3. The average Bonchev–Trinajstić information content (AvgIpc) is 3.43. The van der Waals surface area contributed by atoms with E-state index >= 15 is 0 Å². The number of halogens is 3. The second-order valence-electron chi connectivity index (χ2n) is 10.2. The number of alkyl halides is 3. The maximum Gasteiger partial charge on any atom is 0.416 e. The van der Waals surface area contributed by atoms with Gasteiger partial charge in [0.2, 0.25) is 17.7 Å². The fraction of sp³-hybridized carbons (Fsp3) is 0.172. The number of hydrogen-bond acceptors (Lipinski definition) is 9. The number of benzene rings is 3. The zero-order valence-corrected chi connectivity index (χ0v) is 24.2. The van der Waals surface area contributed by atoms with Crippen molar-refractivity contribution in [3.8, 4) is 5.75 Å². The van der Waals surface area contributed by atoms with Gasteiger partial charge in [0.05, 0.1) is 27.1 Å². The molecule has 2 aliphatic rings. The van der Waals surface area contributed by atoms with Gasteiger partial charge in [-0.15, -0.1) is 0 Å². The number of phenolic OH excluding ortho intramolecular Hbond substituents is 1. The number of nitro benzene ring substituents is 1. The number of non-ortho nitro benzene ring substituents is 1. The van der Waals surface area contributed by atoms with E-state index in [1.54, 1.807) is 12.1 Å². The number of imide groups is 1. The smallest absolute Gasteiger partial charge is 0.416 e. The Morgan fingerprint density at radius 2 is 1.69 bits per heavy atom. The van der Waals surface area contributed by atoms with Crippen LogP contribution < -0.4 is 15.1 Å². The molecule has 16 heteroatoms. The topological polar surface area (TPSA) is 152 Å². The molecule has 3 atom stereocenters. The Morgan fingerprint density at radius 1 is 1.00 bits per heavy atom. The minimum Gasteiger partial charge on any atom is -0.508 e. The van der Waals surface area contributed by atoms with E-state index in [1.807, 2.05) is 0 Å². The Morgan fingerprint density at radius 3 is 2.33 bits per heavy atom. The molecule has 0 aliphatic carbocycles. The molecule has 230 valence electrons. The van der Waals surface area contributed by atoms with Gasteiger partial charge in [0.1, 0.15) is 17.5 Å². The number of anilines is 2. The van der Waals surface area contributed by atoms with Gasteiger partial charge in [0.15, 0.2) is 0 Å². The predicted molar refractivity (Wildman–Crippen MR) is 157 cm³/mol. The summed E-state index contributed by atoms with van der Waals surface area (Å²) < 4.78 is 40.6. The van der Waals surface area contributed by atoms with Crippen molar-refractivity contribution in [2.24, 2.45) is 5.92 Å². The fourth-order valence-electron chi connectivity index (χ4n) is 5.39. The summed E-state index contributed by atoms with van der Waals surface area (Å²) in [6.07, 6.45) is -4.63. The number of fused-ring (bicyclic) bond motifs is 2. The van der Waals surface area contributed by atoms with Gasteiger partial charge in [-0.3, -0.25) is 33.9 Å². The molecule has 3 aromatic carbocycles. The number of aromatic hydroxyl groups is 1. The quantitative estimate of drug-likeness (QED) is 0.168. The molecule has 0 saturated carbocycles. The van der Waals surface area contributed by atoms with Crippen LogP contribution >= 0.6 is 23.1 Å². The highest BCUT2D eigenvalue weighted by atomic mass is 32.2. The molecule has 2 unspecified atom stereocenters. The lowest BCUT2D eigenvalue weighted by atomic mass is 9.83. The van der Waals surface area contributed by atoms with E-state index in [9.17, 15) is 47.6 Å². The summed E-state index contributed by atoms with van der Waals surface area (Å²) in [5.74, 6) is -3.90. The van der Waals surface area contributed by atoms with E-state index in [0.29, 0.717) is 10.4 Å². The first-order valence-electron chi connectivity index (χ1n) is 13.1. The summed E-state index contributed by atoms with van der Waals surface area (Å²) in [6.45, 7) is -0.582. The lowest BCUT2D eigenvalue weighted by Crippen LogP contribution is -2.33. The number of thiazole rings is 1. The van der Waals surface area contributed by atoms with Crippen molar-refractivity contribution in [2.75, 3.05) is 10.2 Å². The molecular formula is C29H19F3N4O7S2. The first-order valence-corrected chi connectivity index (χ1v) is 14.8. The van der Waals surface area contributed by atoms with E-state index < -0.39 is 62.9 Å². The number of amides is 3. The Balaban J connectivity index is 1.37. The Hall–Kier alpha value is -4.96. The first-order chi connectivity index (χ1) is 21.3. The second kappa shape index (κ2) is 11.2. The molecule has 6 rings (SSSR count). The van der Waals surface area contributed by atoms with Gasteiger partial charge >= 0.3 is 11.0 Å². The number of rotatable bonds is 6. The maximum absolute atomic E-state index is 13.9. The largest absolute Gasteiger partial charge is 0.508 e. The van der Waals surface area contributed by atoms with Gasteiger partial charge in [0, 0.05) is 28.6 Å². The predicted octanol–water partition coefficient (Wildman–Crippen LogP) is 4.98. The maximum atomic E-state index is 13.9. The lowest BCUT2D eigenvalue weighted by Gasteiger charge is -2.30. The second-order valence-corrected chi connectivity index (χ2v) is 12.3. The molecule has 1 fully saturated rings. The third-order valence-electron chi connectivity index (χ3n) is 7.40. The zero-order valence-electron chi connectivity index (χ0n) is 22.6. The molecule has 4 aromatic rings. The highest BCUT2D eigenvalue weighted by Gasteiger charge is 2.56. The van der Waals surface area contributed by atoms with Crippen LogP contribution in [0.2, 0.25) is 0 Å². The Bertz CT molecular complexity index is 1920. The van der Waals surface area contributed by atoms with Crippen molar-refractivity contribution in [3.63, 3.8) is 0 Å². The molecule has 11 nitrogen and oxygen atoms in total. The van der Waals surface area contributed by atoms with Crippen LogP contribution in [0, 0.1) is 16.0 Å². The summed E-state index contributed by atoms with van der Waals surface area (Å²) in [5, 5.41) is 22.6. The molecule has 1 saturated heterocycles. The van der Waals surface area contributed by atoms with E-state index in [2.05, 4.69) is 5.32 Å². The number of hydrogen-bond donors (Lipinski definition) is 2. The number of nitro groups is 1. The van der Waals surface area contributed by atoms with Gasteiger partial charge < -0.3 is 10.4 Å². The summed E-state index contributed by atoms with van der Waals surface area (Å²) in [5.41, 5.74) is -0.696. The first kappa shape index (κ1) is 30.1. The molecule has 2 aliphatic heterocycles. The third kappa shape index (κ3) is 5.46. The number of phenols is 1. The van der Waals surface area contributed by atoms with Gasteiger partial charge in [-0.05, 0) is 48.0 Å². The summed E-state index contributed by atoms with van der Waals surface area (Å²) >= 11 is 1.69. The summed E-state index contributed by atoms with van der Waals surface area (Å²) in [4.78, 5) is 65.1. The molecule has 3 amide bonds. The van der Waals surface area contributed by atoms with Gasteiger partial charge in [-0.2, -0.15) is 13.2 Å². The Labute approximate surface area is 259 Å². The number of aromatic nitrogens is 1. The van der Waals surface area contributed by atoms with Crippen LogP contribution in [0.3, 0.4) is 0 Å². The zero-order chi connectivity index (χ0) is 32.2. The monoisotopic (exact) mass is 656 g/mol. The SMILES string of the molecule is O=C(Cn1c2c(sc1=O)[C@@H](c1ccc(O)cc1)C1C(=O)N(c3ccc([N+](=O)[O-])cc3)C(=O)C1S2)Nc1cccc(C(F)(F)F)c1. The summed E-state index contributed by atoms with van der Waals surface area (Å²) in [7, 11) is 0. The van der Waals surface area contributed by atoms with Gasteiger partial charge in [-0.25, -0.2) is 4.90 Å². The third-order valence-corrected chi connectivity index (χ3v) is 10.00. The molecule has 0 bridgehead atoms. The van der Waals surface area contributed by atoms with Crippen molar-refractivity contribution >= 4 is 57.9 Å². The van der Waals surface area contributed by atoms with Crippen molar-refractivity contribution in [1.82, 2.24) is 4.57 Å². The highest BCUT2D eigenvalue weighted by molar-refractivity contribution is 8.00. The molecule has 1 aromatic heterocycles. The molecule has 0 spiro atoms. The fourth-order valence-corrected chi connectivity index (χ4v) is 8.16. The van der Waals surface area contributed by atoms with Crippen LogP contribution in [0.4, 0.5) is 30.2 Å². The number of nitrogens with zero attached hydrogens (tertiary/aromatic N) is 3. The van der Waals surface area contributed by atoms with Crippen LogP contribution in [0.1, 0.15) is 21.9 Å². The van der Waals surface area contributed by atoms with E-state index in [0.717, 1.165) is 50.8 Å². The molecule has 2 N–H and O–H groups in total. The highest BCUT2D eigenvalue weighted by Crippen LogP contribution is 2.54. The van der Waals surface area contributed by atoms with E-state index in [4.69, 9.17) is 0 Å². The number of nitrogens with one attached hydrogen (secondary N) is 1. The van der Waals surface area contributed by atoms with E-state index in [1.165, 1.54) is 42.5 Å². The number of thioether (sulfide) groups is 1. The minimum atomic E-state index is -4.63. The lowest BCUT2D eigenvalue weighted by molar-refractivity contribution is -0.384. The molecule has 3 heterocycles.